The lowest BCUT2D eigenvalue weighted by Crippen LogP contribution is -2.12. The molecule has 1 N–H and O–H groups in total. The molecule has 6 heteroatoms. The third-order valence-corrected chi connectivity index (χ3v) is 4.85. The summed E-state index contributed by atoms with van der Waals surface area (Å²) in [4.78, 5) is 16.9. The van der Waals surface area contributed by atoms with Gasteiger partial charge in [0.25, 0.3) is 5.91 Å². The predicted octanol–water partition coefficient (Wildman–Crippen LogP) is 4.64. The number of amides is 1. The van der Waals surface area contributed by atoms with E-state index < -0.39 is 0 Å². The zero-order valence-corrected chi connectivity index (χ0v) is 15.7. The van der Waals surface area contributed by atoms with E-state index in [-0.39, 0.29) is 5.91 Å². The molecule has 3 aromatic rings. The fourth-order valence-electron chi connectivity index (χ4n) is 2.54. The summed E-state index contributed by atoms with van der Waals surface area (Å²) in [5.41, 5.74) is 3.21. The molecule has 134 valence electrons. The first-order valence-electron chi connectivity index (χ1n) is 8.22. The van der Waals surface area contributed by atoms with Crippen LogP contribution in [-0.4, -0.2) is 25.1 Å². The normalized spacial score (nSPS) is 10.4. The molecule has 0 fully saturated rings. The van der Waals surface area contributed by atoms with Crippen molar-refractivity contribution in [3.63, 3.8) is 0 Å². The molecular weight excluding hydrogens is 348 g/mol. The third kappa shape index (κ3) is 3.86. The standard InChI is InChI=1S/C20H20N2O3S/c1-4-13-6-5-7-15(10-13)21-19(23)16-12-26-20(22-16)14-8-9-17(24-2)18(11-14)25-3/h5-12H,4H2,1-3H3,(H,21,23). The highest BCUT2D eigenvalue weighted by Gasteiger charge is 2.14. The summed E-state index contributed by atoms with van der Waals surface area (Å²) < 4.78 is 10.6. The van der Waals surface area contributed by atoms with E-state index in [1.807, 2.05) is 42.5 Å². The maximum absolute atomic E-state index is 12.5. The van der Waals surface area contributed by atoms with Crippen LogP contribution in [0.2, 0.25) is 0 Å². The lowest BCUT2D eigenvalue weighted by molar-refractivity contribution is 0.102. The van der Waals surface area contributed by atoms with E-state index in [2.05, 4.69) is 17.2 Å². The van der Waals surface area contributed by atoms with Gasteiger partial charge in [0.2, 0.25) is 0 Å². The number of anilines is 1. The highest BCUT2D eigenvalue weighted by Crippen LogP contribution is 2.33. The molecule has 1 amide bonds. The molecule has 0 aliphatic carbocycles. The Hall–Kier alpha value is -2.86. The van der Waals surface area contributed by atoms with Crippen LogP contribution in [0.5, 0.6) is 11.5 Å². The van der Waals surface area contributed by atoms with Gasteiger partial charge in [0, 0.05) is 16.6 Å². The minimum absolute atomic E-state index is 0.221. The molecule has 0 saturated heterocycles. The summed E-state index contributed by atoms with van der Waals surface area (Å²) in [7, 11) is 3.18. The summed E-state index contributed by atoms with van der Waals surface area (Å²) in [6.45, 7) is 2.08. The number of benzene rings is 2. The van der Waals surface area contributed by atoms with E-state index in [0.717, 1.165) is 22.7 Å². The lowest BCUT2D eigenvalue weighted by Gasteiger charge is -2.08. The number of nitrogens with one attached hydrogen (secondary N) is 1. The number of aromatic nitrogens is 1. The van der Waals surface area contributed by atoms with Crippen LogP contribution in [0.15, 0.2) is 47.8 Å². The van der Waals surface area contributed by atoms with Crippen LogP contribution in [0.25, 0.3) is 10.6 Å². The van der Waals surface area contributed by atoms with Crippen molar-refractivity contribution in [1.82, 2.24) is 4.98 Å². The Morgan fingerprint density at radius 1 is 1.12 bits per heavy atom. The highest BCUT2D eigenvalue weighted by atomic mass is 32.1. The molecule has 1 aromatic heterocycles. The molecule has 0 unspecified atom stereocenters. The second-order valence-corrected chi connectivity index (χ2v) is 6.47. The number of carbonyl (C=O) groups excluding carboxylic acids is 1. The number of aryl methyl sites for hydroxylation is 1. The number of methoxy groups -OCH3 is 2. The Morgan fingerprint density at radius 3 is 2.65 bits per heavy atom. The summed E-state index contributed by atoms with van der Waals surface area (Å²) in [6.07, 6.45) is 0.920. The SMILES string of the molecule is CCc1cccc(NC(=O)c2csc(-c3ccc(OC)c(OC)c3)n2)c1. The van der Waals surface area contributed by atoms with Gasteiger partial charge >= 0.3 is 0 Å². The van der Waals surface area contributed by atoms with Gasteiger partial charge in [0.05, 0.1) is 14.2 Å². The Bertz CT molecular complexity index is 921. The largest absolute Gasteiger partial charge is 0.493 e. The average molecular weight is 368 g/mol. The quantitative estimate of drug-likeness (QED) is 0.688. The molecule has 5 nitrogen and oxygen atoms in total. The number of nitrogens with zero attached hydrogens (tertiary/aromatic N) is 1. The Balaban J connectivity index is 1.79. The van der Waals surface area contributed by atoms with Crippen molar-refractivity contribution in [2.45, 2.75) is 13.3 Å². The number of rotatable bonds is 6. The van der Waals surface area contributed by atoms with Gasteiger partial charge in [-0.15, -0.1) is 11.3 Å². The van der Waals surface area contributed by atoms with E-state index in [4.69, 9.17) is 9.47 Å². The van der Waals surface area contributed by atoms with Crippen LogP contribution in [0.1, 0.15) is 23.0 Å². The molecule has 2 aromatic carbocycles. The lowest BCUT2D eigenvalue weighted by atomic mass is 10.1. The zero-order chi connectivity index (χ0) is 18.5. The first-order chi connectivity index (χ1) is 12.6. The van der Waals surface area contributed by atoms with E-state index in [1.165, 1.54) is 16.9 Å². The van der Waals surface area contributed by atoms with E-state index in [9.17, 15) is 4.79 Å². The van der Waals surface area contributed by atoms with E-state index >= 15 is 0 Å². The van der Waals surface area contributed by atoms with Gasteiger partial charge in [-0.25, -0.2) is 4.98 Å². The number of hydrogen-bond donors (Lipinski definition) is 1. The monoisotopic (exact) mass is 368 g/mol. The molecule has 26 heavy (non-hydrogen) atoms. The minimum Gasteiger partial charge on any atom is -0.493 e. The van der Waals surface area contributed by atoms with Crippen LogP contribution in [-0.2, 0) is 6.42 Å². The maximum Gasteiger partial charge on any atom is 0.275 e. The second kappa shape index (κ2) is 8.01. The smallest absolute Gasteiger partial charge is 0.275 e. The van der Waals surface area contributed by atoms with Crippen LogP contribution in [0, 0.1) is 0 Å². The van der Waals surface area contributed by atoms with Crippen LogP contribution in [0.3, 0.4) is 0 Å². The zero-order valence-electron chi connectivity index (χ0n) is 14.9. The fourth-order valence-corrected chi connectivity index (χ4v) is 3.34. The molecule has 0 saturated carbocycles. The Kier molecular flexibility index (Phi) is 5.53. The van der Waals surface area contributed by atoms with Gasteiger partial charge in [0.1, 0.15) is 10.7 Å². The van der Waals surface area contributed by atoms with Crippen LogP contribution < -0.4 is 14.8 Å². The van der Waals surface area contributed by atoms with Crippen molar-refractivity contribution in [3.05, 3.63) is 59.1 Å². The first-order valence-corrected chi connectivity index (χ1v) is 9.10. The van der Waals surface area contributed by atoms with Crippen molar-refractivity contribution in [3.8, 4) is 22.1 Å². The summed E-state index contributed by atoms with van der Waals surface area (Å²) in [5, 5.41) is 5.40. The molecular formula is C20H20N2O3S. The Labute approximate surface area is 156 Å². The van der Waals surface area contributed by atoms with Gasteiger partial charge < -0.3 is 14.8 Å². The summed E-state index contributed by atoms with van der Waals surface area (Å²) in [6, 6.07) is 13.4. The molecule has 1 heterocycles. The summed E-state index contributed by atoms with van der Waals surface area (Å²) in [5.74, 6) is 1.06. The molecule has 0 atom stereocenters. The van der Waals surface area contributed by atoms with Crippen molar-refractivity contribution < 1.29 is 14.3 Å². The van der Waals surface area contributed by atoms with E-state index in [0.29, 0.717) is 17.2 Å². The third-order valence-electron chi connectivity index (χ3n) is 3.96. The molecule has 0 radical (unpaired) electrons. The number of carbonyl (C=O) groups is 1. The van der Waals surface area contributed by atoms with Crippen molar-refractivity contribution in [1.29, 1.82) is 0 Å². The topological polar surface area (TPSA) is 60.5 Å². The van der Waals surface area contributed by atoms with Crippen LogP contribution in [0.4, 0.5) is 5.69 Å². The van der Waals surface area contributed by atoms with Gasteiger partial charge in [-0.2, -0.15) is 0 Å². The molecule has 0 bridgehead atoms. The van der Waals surface area contributed by atoms with Gasteiger partial charge in [-0.1, -0.05) is 19.1 Å². The highest BCUT2D eigenvalue weighted by molar-refractivity contribution is 7.13. The number of hydrogen-bond acceptors (Lipinski definition) is 5. The fraction of sp³-hybridized carbons (Fsp3) is 0.200. The van der Waals surface area contributed by atoms with Crippen molar-refractivity contribution >= 4 is 22.9 Å². The molecule has 0 spiro atoms. The maximum atomic E-state index is 12.5. The summed E-state index contributed by atoms with van der Waals surface area (Å²) >= 11 is 1.41. The van der Waals surface area contributed by atoms with Crippen molar-refractivity contribution in [2.75, 3.05) is 19.5 Å². The van der Waals surface area contributed by atoms with E-state index in [1.54, 1.807) is 19.6 Å². The van der Waals surface area contributed by atoms with Gasteiger partial charge in [0.15, 0.2) is 11.5 Å². The first kappa shape index (κ1) is 17.9. The predicted molar refractivity (Wildman–Crippen MR) is 104 cm³/mol. The molecule has 0 aliphatic heterocycles. The van der Waals surface area contributed by atoms with Gasteiger partial charge in [-0.3, -0.25) is 4.79 Å². The molecule has 0 aliphatic rings. The molecule has 3 rings (SSSR count). The number of thiazole rings is 1. The second-order valence-electron chi connectivity index (χ2n) is 5.62. The number of ether oxygens (including phenoxy) is 2. The minimum atomic E-state index is -0.221. The Morgan fingerprint density at radius 2 is 1.92 bits per heavy atom. The van der Waals surface area contributed by atoms with Gasteiger partial charge in [-0.05, 0) is 42.3 Å². The average Bonchev–Trinajstić information content (AvgIpc) is 3.18. The van der Waals surface area contributed by atoms with Crippen LogP contribution >= 0.6 is 11.3 Å². The van der Waals surface area contributed by atoms with Crippen molar-refractivity contribution in [2.24, 2.45) is 0 Å².